The van der Waals surface area contributed by atoms with E-state index in [9.17, 15) is 0 Å². The van der Waals surface area contributed by atoms with Gasteiger partial charge in [-0.1, -0.05) is 35.9 Å². The Bertz CT molecular complexity index is 520. The van der Waals surface area contributed by atoms with Gasteiger partial charge >= 0.3 is 0 Å². The largest absolute Gasteiger partial charge is 0.497 e. The van der Waals surface area contributed by atoms with E-state index in [2.05, 4.69) is 31.2 Å². The minimum Gasteiger partial charge on any atom is -0.497 e. The number of nitrogens with two attached hydrogens (primary N) is 1. The number of ether oxygens (including phenoxy) is 1. The summed E-state index contributed by atoms with van der Waals surface area (Å²) in [7, 11) is 1.65. The highest BCUT2D eigenvalue weighted by atomic mass is 16.5. The van der Waals surface area contributed by atoms with E-state index in [0.717, 1.165) is 23.4 Å². The van der Waals surface area contributed by atoms with Crippen molar-refractivity contribution >= 4 is 5.69 Å². The van der Waals surface area contributed by atoms with Crippen molar-refractivity contribution in [3.05, 3.63) is 59.2 Å². The summed E-state index contributed by atoms with van der Waals surface area (Å²) < 4.78 is 5.14. The van der Waals surface area contributed by atoms with Gasteiger partial charge in [0.15, 0.2) is 0 Å². The van der Waals surface area contributed by atoms with Crippen LogP contribution in [0.5, 0.6) is 5.75 Å². The normalized spacial score (nSPS) is 10.2. The third-order valence-corrected chi connectivity index (χ3v) is 2.83. The molecule has 0 aliphatic carbocycles. The van der Waals surface area contributed by atoms with Crippen LogP contribution < -0.4 is 10.5 Å². The minimum atomic E-state index is 0.783. The molecule has 0 radical (unpaired) electrons. The molecule has 0 aliphatic heterocycles. The van der Waals surface area contributed by atoms with E-state index in [-0.39, 0.29) is 0 Å². The standard InChI is InChI=1S/C15H17NO/c1-11-4-3-5-12(8-11)9-13-6-7-14(17-2)10-15(13)16/h3-8,10H,9,16H2,1-2H3. The Morgan fingerprint density at radius 3 is 2.59 bits per heavy atom. The predicted octanol–water partition coefficient (Wildman–Crippen LogP) is 3.18. The fraction of sp³-hybridized carbons (Fsp3) is 0.200. The molecule has 0 aliphatic rings. The van der Waals surface area contributed by atoms with Gasteiger partial charge in [0, 0.05) is 11.8 Å². The Labute approximate surface area is 102 Å². The SMILES string of the molecule is COc1ccc(Cc2cccc(C)c2)c(N)c1. The van der Waals surface area contributed by atoms with Crippen LogP contribution in [0, 0.1) is 6.92 Å². The van der Waals surface area contributed by atoms with Crippen molar-refractivity contribution < 1.29 is 4.74 Å². The summed E-state index contributed by atoms with van der Waals surface area (Å²) >= 11 is 0. The topological polar surface area (TPSA) is 35.2 Å². The maximum Gasteiger partial charge on any atom is 0.120 e. The van der Waals surface area contributed by atoms with Crippen molar-refractivity contribution in [2.75, 3.05) is 12.8 Å². The van der Waals surface area contributed by atoms with Crippen LogP contribution in [0.15, 0.2) is 42.5 Å². The highest BCUT2D eigenvalue weighted by molar-refractivity contribution is 5.53. The van der Waals surface area contributed by atoms with E-state index in [0.29, 0.717) is 0 Å². The van der Waals surface area contributed by atoms with Crippen LogP contribution in [0.2, 0.25) is 0 Å². The average molecular weight is 227 g/mol. The molecular weight excluding hydrogens is 210 g/mol. The number of hydrogen-bond acceptors (Lipinski definition) is 2. The van der Waals surface area contributed by atoms with Gasteiger partial charge in [-0.25, -0.2) is 0 Å². The molecule has 0 heterocycles. The highest BCUT2D eigenvalue weighted by Gasteiger charge is 2.02. The summed E-state index contributed by atoms with van der Waals surface area (Å²) in [5.74, 6) is 0.801. The quantitative estimate of drug-likeness (QED) is 0.817. The number of anilines is 1. The molecule has 17 heavy (non-hydrogen) atoms. The monoisotopic (exact) mass is 227 g/mol. The Hall–Kier alpha value is -1.96. The van der Waals surface area contributed by atoms with Crippen molar-refractivity contribution in [3.8, 4) is 5.75 Å². The van der Waals surface area contributed by atoms with E-state index in [4.69, 9.17) is 10.5 Å². The van der Waals surface area contributed by atoms with E-state index in [1.807, 2.05) is 18.2 Å². The molecule has 88 valence electrons. The molecule has 2 rings (SSSR count). The maximum absolute atomic E-state index is 6.00. The number of aryl methyl sites for hydroxylation is 1. The molecule has 2 nitrogen and oxygen atoms in total. The predicted molar refractivity (Wildman–Crippen MR) is 71.4 cm³/mol. The van der Waals surface area contributed by atoms with Crippen molar-refractivity contribution in [1.82, 2.24) is 0 Å². The minimum absolute atomic E-state index is 0.783. The van der Waals surface area contributed by atoms with Gasteiger partial charge in [-0.3, -0.25) is 0 Å². The van der Waals surface area contributed by atoms with Crippen molar-refractivity contribution in [2.24, 2.45) is 0 Å². The Balaban J connectivity index is 2.24. The summed E-state index contributed by atoms with van der Waals surface area (Å²) in [6.07, 6.45) is 0.859. The molecule has 2 aromatic carbocycles. The van der Waals surface area contributed by atoms with Crippen LogP contribution in [-0.2, 0) is 6.42 Å². The molecular formula is C15H17NO. The maximum atomic E-state index is 6.00. The molecule has 0 atom stereocenters. The molecule has 0 saturated carbocycles. The second-order valence-electron chi connectivity index (χ2n) is 4.23. The summed E-state index contributed by atoms with van der Waals surface area (Å²) in [4.78, 5) is 0. The first-order chi connectivity index (χ1) is 8.19. The lowest BCUT2D eigenvalue weighted by atomic mass is 10.0. The van der Waals surface area contributed by atoms with Gasteiger partial charge < -0.3 is 10.5 Å². The third kappa shape index (κ3) is 2.78. The molecule has 0 amide bonds. The summed E-state index contributed by atoms with van der Waals surface area (Å²) in [5, 5.41) is 0. The molecule has 0 fully saturated rings. The Kier molecular flexibility index (Phi) is 3.33. The lowest BCUT2D eigenvalue weighted by Crippen LogP contribution is -1.97. The van der Waals surface area contributed by atoms with Gasteiger partial charge in [0.1, 0.15) is 5.75 Å². The van der Waals surface area contributed by atoms with E-state index in [1.54, 1.807) is 7.11 Å². The number of methoxy groups -OCH3 is 1. The molecule has 0 saturated heterocycles. The lowest BCUT2D eigenvalue weighted by molar-refractivity contribution is 0.415. The fourth-order valence-corrected chi connectivity index (χ4v) is 1.90. The molecule has 0 aromatic heterocycles. The first kappa shape index (κ1) is 11.5. The lowest BCUT2D eigenvalue weighted by Gasteiger charge is -2.08. The summed E-state index contributed by atoms with van der Waals surface area (Å²) in [6, 6.07) is 14.3. The van der Waals surface area contributed by atoms with Crippen LogP contribution in [-0.4, -0.2) is 7.11 Å². The molecule has 2 heteroatoms. The van der Waals surface area contributed by atoms with Crippen molar-refractivity contribution in [2.45, 2.75) is 13.3 Å². The van der Waals surface area contributed by atoms with E-state index >= 15 is 0 Å². The molecule has 2 N–H and O–H groups in total. The van der Waals surface area contributed by atoms with E-state index < -0.39 is 0 Å². The van der Waals surface area contributed by atoms with Gasteiger partial charge in [0.2, 0.25) is 0 Å². The van der Waals surface area contributed by atoms with Gasteiger partial charge in [0.25, 0.3) is 0 Å². The molecule has 2 aromatic rings. The van der Waals surface area contributed by atoms with Gasteiger partial charge in [-0.15, -0.1) is 0 Å². The van der Waals surface area contributed by atoms with Gasteiger partial charge in [-0.2, -0.15) is 0 Å². The van der Waals surface area contributed by atoms with Gasteiger partial charge in [-0.05, 0) is 30.5 Å². The van der Waals surface area contributed by atoms with Crippen LogP contribution in [0.1, 0.15) is 16.7 Å². The van der Waals surface area contributed by atoms with Crippen LogP contribution >= 0.6 is 0 Å². The average Bonchev–Trinajstić information content (AvgIpc) is 2.32. The first-order valence-electron chi connectivity index (χ1n) is 5.67. The molecule has 0 bridgehead atoms. The molecule has 0 spiro atoms. The summed E-state index contributed by atoms with van der Waals surface area (Å²) in [5.41, 5.74) is 10.5. The third-order valence-electron chi connectivity index (χ3n) is 2.83. The fourth-order valence-electron chi connectivity index (χ4n) is 1.90. The Morgan fingerprint density at radius 1 is 1.12 bits per heavy atom. The number of rotatable bonds is 3. The zero-order chi connectivity index (χ0) is 12.3. The van der Waals surface area contributed by atoms with Crippen LogP contribution in [0.4, 0.5) is 5.69 Å². The van der Waals surface area contributed by atoms with Crippen molar-refractivity contribution in [1.29, 1.82) is 0 Å². The zero-order valence-corrected chi connectivity index (χ0v) is 10.2. The zero-order valence-electron chi connectivity index (χ0n) is 10.2. The molecule has 0 unspecified atom stereocenters. The van der Waals surface area contributed by atoms with Gasteiger partial charge in [0.05, 0.1) is 7.11 Å². The van der Waals surface area contributed by atoms with Crippen LogP contribution in [0.25, 0.3) is 0 Å². The second kappa shape index (κ2) is 4.91. The Morgan fingerprint density at radius 2 is 1.94 bits per heavy atom. The highest BCUT2D eigenvalue weighted by Crippen LogP contribution is 2.22. The first-order valence-corrected chi connectivity index (χ1v) is 5.67. The number of hydrogen-bond donors (Lipinski definition) is 1. The van der Waals surface area contributed by atoms with E-state index in [1.165, 1.54) is 11.1 Å². The van der Waals surface area contributed by atoms with Crippen molar-refractivity contribution in [3.63, 3.8) is 0 Å². The smallest absolute Gasteiger partial charge is 0.120 e. The summed E-state index contributed by atoms with van der Waals surface area (Å²) in [6.45, 7) is 2.10. The van der Waals surface area contributed by atoms with Crippen LogP contribution in [0.3, 0.4) is 0 Å². The second-order valence-corrected chi connectivity index (χ2v) is 4.23. The number of benzene rings is 2. The number of nitrogen functional groups attached to an aromatic ring is 1.